The van der Waals surface area contributed by atoms with Gasteiger partial charge in [0.05, 0.1) is 0 Å². The highest BCUT2D eigenvalue weighted by atomic mass is 32.2. The Labute approximate surface area is 198 Å². The molecule has 4 rings (SSSR count). The summed E-state index contributed by atoms with van der Waals surface area (Å²) in [5.74, 6) is -0.992. The van der Waals surface area contributed by atoms with E-state index in [1.165, 1.54) is 30.3 Å². The van der Waals surface area contributed by atoms with Crippen LogP contribution in [0, 0.1) is 11.3 Å². The van der Waals surface area contributed by atoms with E-state index < -0.39 is 33.1 Å². The molecule has 1 aliphatic rings. The first-order valence-corrected chi connectivity index (χ1v) is 11.7. The molecule has 0 aliphatic heterocycles. The third-order valence-electron chi connectivity index (χ3n) is 5.07. The lowest BCUT2D eigenvalue weighted by molar-refractivity contribution is -0.0501. The Morgan fingerprint density at radius 2 is 1.63 bits per heavy atom. The highest BCUT2D eigenvalue weighted by Gasteiger charge is 2.49. The van der Waals surface area contributed by atoms with Gasteiger partial charge in [0.1, 0.15) is 11.6 Å². The molecule has 1 saturated carbocycles. The van der Waals surface area contributed by atoms with Gasteiger partial charge in [-0.15, -0.1) is 0 Å². The molecule has 0 unspecified atom stereocenters. The quantitative estimate of drug-likeness (QED) is 0.345. The largest absolute Gasteiger partial charge is 0.534 e. The summed E-state index contributed by atoms with van der Waals surface area (Å²) in [5, 5.41) is 14.9. The summed E-state index contributed by atoms with van der Waals surface area (Å²) in [5.41, 5.74) is -4.24. The lowest BCUT2D eigenvalue weighted by atomic mass is 9.99. The van der Waals surface area contributed by atoms with Crippen LogP contribution < -0.4 is 14.8 Å². The van der Waals surface area contributed by atoms with Gasteiger partial charge in [0.2, 0.25) is 0 Å². The Balaban J connectivity index is 1.63. The van der Waals surface area contributed by atoms with Crippen LogP contribution in [-0.2, 0) is 10.1 Å². The van der Waals surface area contributed by atoms with Gasteiger partial charge in [-0.2, -0.15) is 26.9 Å². The number of amides is 2. The van der Waals surface area contributed by atoms with E-state index in [0.717, 1.165) is 12.8 Å². The summed E-state index contributed by atoms with van der Waals surface area (Å²) in [7, 11) is -6.02. The molecule has 3 aromatic rings. The van der Waals surface area contributed by atoms with E-state index in [4.69, 9.17) is 0 Å². The Morgan fingerprint density at radius 1 is 1.03 bits per heavy atom. The van der Waals surface area contributed by atoms with Gasteiger partial charge in [0, 0.05) is 28.6 Å². The fraction of sp³-hybridized carbons (Fsp3) is 0.174. The van der Waals surface area contributed by atoms with Gasteiger partial charge in [-0.25, -0.2) is 9.78 Å². The van der Waals surface area contributed by atoms with Gasteiger partial charge in [0.25, 0.3) is 5.88 Å². The van der Waals surface area contributed by atoms with Crippen molar-refractivity contribution >= 4 is 27.5 Å². The number of alkyl halides is 3. The Bertz CT molecular complexity index is 1400. The van der Waals surface area contributed by atoms with Crippen molar-refractivity contribution in [2.75, 3.05) is 10.6 Å². The fourth-order valence-electron chi connectivity index (χ4n) is 3.22. The molecule has 180 valence electrons. The zero-order valence-corrected chi connectivity index (χ0v) is 18.7. The van der Waals surface area contributed by atoms with E-state index in [-0.39, 0.29) is 11.5 Å². The number of rotatable bonds is 6. The molecular formula is C23H17F3N4O4S. The molecule has 35 heavy (non-hydrogen) atoms. The van der Waals surface area contributed by atoms with Gasteiger partial charge in [-0.3, -0.25) is 0 Å². The van der Waals surface area contributed by atoms with Gasteiger partial charge >= 0.3 is 21.7 Å². The van der Waals surface area contributed by atoms with Crippen molar-refractivity contribution in [1.29, 1.82) is 5.26 Å². The van der Waals surface area contributed by atoms with Crippen LogP contribution in [0.5, 0.6) is 5.88 Å². The third kappa shape index (κ3) is 5.52. The first-order chi connectivity index (χ1) is 16.6. The van der Waals surface area contributed by atoms with E-state index in [9.17, 15) is 31.6 Å². The second-order valence-electron chi connectivity index (χ2n) is 7.67. The predicted molar refractivity (Wildman–Crippen MR) is 121 cm³/mol. The van der Waals surface area contributed by atoms with Gasteiger partial charge in [0.15, 0.2) is 0 Å². The number of halogens is 3. The monoisotopic (exact) mass is 502 g/mol. The van der Waals surface area contributed by atoms with Crippen LogP contribution >= 0.6 is 0 Å². The Morgan fingerprint density at radius 3 is 2.17 bits per heavy atom. The maximum absolute atomic E-state index is 12.9. The van der Waals surface area contributed by atoms with E-state index >= 15 is 0 Å². The third-order valence-corrected chi connectivity index (χ3v) is 6.02. The minimum absolute atomic E-state index is 0.0694. The average Bonchev–Trinajstić information content (AvgIpc) is 3.64. The number of urea groups is 1. The van der Waals surface area contributed by atoms with E-state index in [1.54, 1.807) is 36.4 Å². The van der Waals surface area contributed by atoms with Crippen LogP contribution in [0.15, 0.2) is 60.7 Å². The number of pyridine rings is 1. The van der Waals surface area contributed by atoms with Crippen molar-refractivity contribution < 1.29 is 30.6 Å². The Hall–Kier alpha value is -4.11. The number of carbonyl (C=O) groups excluding carboxylic acids is 1. The zero-order valence-electron chi connectivity index (χ0n) is 17.8. The maximum Gasteiger partial charge on any atom is 0.534 e. The first-order valence-electron chi connectivity index (χ1n) is 10.3. The molecule has 1 aromatic heterocycles. The van der Waals surface area contributed by atoms with Crippen molar-refractivity contribution in [2.45, 2.75) is 24.3 Å². The maximum atomic E-state index is 12.9. The van der Waals surface area contributed by atoms with Crippen molar-refractivity contribution in [1.82, 2.24) is 4.98 Å². The normalized spacial score (nSPS) is 13.5. The number of para-hydroxylation sites is 1. The van der Waals surface area contributed by atoms with Gasteiger partial charge in [-0.05, 0) is 48.7 Å². The predicted octanol–water partition coefficient (Wildman–Crippen LogP) is 5.37. The van der Waals surface area contributed by atoms with Crippen LogP contribution in [0.2, 0.25) is 0 Å². The zero-order chi connectivity index (χ0) is 25.2. The number of carbonyl (C=O) groups is 1. The summed E-state index contributed by atoms with van der Waals surface area (Å²) < 4.78 is 66.0. The number of nitrogens with zero attached hydrogens (tertiary/aromatic N) is 2. The lowest BCUT2D eigenvalue weighted by Gasteiger charge is -2.14. The number of anilines is 2. The number of nitriles is 1. The van der Waals surface area contributed by atoms with Crippen molar-refractivity contribution in [3.8, 4) is 23.1 Å². The second kappa shape index (κ2) is 9.27. The van der Waals surface area contributed by atoms with Crippen LogP contribution in [0.4, 0.5) is 29.3 Å². The molecule has 2 amide bonds. The Kier molecular flexibility index (Phi) is 6.36. The minimum Gasteiger partial charge on any atom is -0.354 e. The van der Waals surface area contributed by atoms with Crippen molar-refractivity contribution in [3.05, 3.63) is 71.9 Å². The fourth-order valence-corrected chi connectivity index (χ4v) is 3.65. The molecule has 1 fully saturated rings. The highest BCUT2D eigenvalue weighted by molar-refractivity contribution is 7.88. The van der Waals surface area contributed by atoms with Crippen LogP contribution in [0.25, 0.3) is 11.1 Å². The summed E-state index contributed by atoms with van der Waals surface area (Å²) >= 11 is 0. The average molecular weight is 502 g/mol. The number of nitrogens with one attached hydrogen (secondary N) is 2. The van der Waals surface area contributed by atoms with Gasteiger partial charge < -0.3 is 14.8 Å². The van der Waals surface area contributed by atoms with Crippen LogP contribution in [-0.4, -0.2) is 24.9 Å². The number of aromatic nitrogens is 1. The minimum atomic E-state index is -6.02. The standard InChI is InChI=1S/C23H17F3N4O4S/c24-23(25,26)35(32,33)34-21-19(13-27)18(12-20(30-21)15-6-7-15)14-8-10-17(11-9-14)29-22(31)28-16-4-2-1-3-5-16/h1-5,8-12,15H,6-7H2,(H2,28,29,31). The number of hydrogen-bond donors (Lipinski definition) is 2. The molecule has 12 heteroatoms. The molecule has 2 aromatic carbocycles. The molecule has 1 heterocycles. The number of hydrogen-bond acceptors (Lipinski definition) is 6. The molecule has 2 N–H and O–H groups in total. The smallest absolute Gasteiger partial charge is 0.354 e. The second-order valence-corrected chi connectivity index (χ2v) is 9.20. The van der Waals surface area contributed by atoms with Crippen LogP contribution in [0.1, 0.15) is 30.0 Å². The molecule has 0 bridgehead atoms. The van der Waals surface area contributed by atoms with E-state index in [2.05, 4.69) is 19.8 Å². The van der Waals surface area contributed by atoms with E-state index in [0.29, 0.717) is 22.6 Å². The van der Waals surface area contributed by atoms with Crippen molar-refractivity contribution in [3.63, 3.8) is 0 Å². The molecule has 0 atom stereocenters. The molecular weight excluding hydrogens is 485 g/mol. The molecule has 0 saturated heterocycles. The van der Waals surface area contributed by atoms with E-state index in [1.807, 2.05) is 0 Å². The molecule has 0 radical (unpaired) electrons. The van der Waals surface area contributed by atoms with Gasteiger partial charge in [-0.1, -0.05) is 30.3 Å². The topological polar surface area (TPSA) is 121 Å². The number of benzene rings is 2. The molecule has 0 spiro atoms. The highest BCUT2D eigenvalue weighted by Crippen LogP contribution is 2.43. The molecule has 1 aliphatic carbocycles. The van der Waals surface area contributed by atoms with Crippen LogP contribution in [0.3, 0.4) is 0 Å². The summed E-state index contributed by atoms with van der Waals surface area (Å²) in [6.45, 7) is 0. The first kappa shape index (κ1) is 24.0. The summed E-state index contributed by atoms with van der Waals surface area (Å²) in [4.78, 5) is 16.1. The SMILES string of the molecule is N#Cc1c(-c2ccc(NC(=O)Nc3ccccc3)cc2)cc(C2CC2)nc1OS(=O)(=O)C(F)(F)F. The summed E-state index contributed by atoms with van der Waals surface area (Å²) in [6, 6.07) is 17.6. The lowest BCUT2D eigenvalue weighted by Crippen LogP contribution is -2.28. The molecule has 8 nitrogen and oxygen atoms in total. The van der Waals surface area contributed by atoms with Crippen molar-refractivity contribution in [2.24, 2.45) is 0 Å². The summed E-state index contributed by atoms with van der Waals surface area (Å²) in [6.07, 6.45) is 1.45.